The van der Waals surface area contributed by atoms with Gasteiger partial charge < -0.3 is 25.4 Å². The molecule has 38 heavy (non-hydrogen) atoms. The van der Waals surface area contributed by atoms with Crippen LogP contribution in [0.5, 0.6) is 11.5 Å². The standard InChI is InChI=1S/C31H36FN3O3/c32-24-6-8-26(9-7-24)35-17-14-23-20-28(38-21-31(33)36)12-13-29(23)30(35)19-22-4-10-27(11-5-22)37-18-15-25-3-1-2-16-34-25/h4-13,20,25,30,34H,1-3,14-19,21H2,(H2,33,36). The van der Waals surface area contributed by atoms with Crippen molar-refractivity contribution in [3.05, 3.63) is 89.2 Å². The van der Waals surface area contributed by atoms with Gasteiger partial charge in [-0.25, -0.2) is 4.39 Å². The largest absolute Gasteiger partial charge is 0.494 e. The van der Waals surface area contributed by atoms with E-state index < -0.39 is 5.91 Å². The molecule has 0 saturated carbocycles. The minimum Gasteiger partial charge on any atom is -0.494 e. The smallest absolute Gasteiger partial charge is 0.255 e. The van der Waals surface area contributed by atoms with Crippen LogP contribution in [-0.4, -0.2) is 38.3 Å². The second-order valence-corrected chi connectivity index (χ2v) is 10.2. The van der Waals surface area contributed by atoms with Crippen molar-refractivity contribution in [1.29, 1.82) is 0 Å². The molecular formula is C31H36FN3O3. The van der Waals surface area contributed by atoms with E-state index in [2.05, 4.69) is 40.5 Å². The maximum Gasteiger partial charge on any atom is 0.255 e. The number of halogens is 1. The third kappa shape index (κ3) is 6.64. The fourth-order valence-electron chi connectivity index (χ4n) is 5.53. The fourth-order valence-corrected chi connectivity index (χ4v) is 5.53. The molecule has 2 heterocycles. The summed E-state index contributed by atoms with van der Waals surface area (Å²) in [5.74, 6) is 0.789. The number of anilines is 1. The van der Waals surface area contributed by atoms with Crippen molar-refractivity contribution in [2.45, 2.75) is 50.6 Å². The molecule has 6 nitrogen and oxygen atoms in total. The molecule has 2 aliphatic rings. The van der Waals surface area contributed by atoms with E-state index in [-0.39, 0.29) is 18.5 Å². The quantitative estimate of drug-likeness (QED) is 0.398. The molecule has 0 aliphatic carbocycles. The SMILES string of the molecule is NC(=O)COc1ccc2c(c1)CCN(c1ccc(F)cc1)C2Cc1ccc(OCCC2CCCCN2)cc1. The van der Waals surface area contributed by atoms with E-state index in [0.717, 1.165) is 43.8 Å². The Labute approximate surface area is 223 Å². The van der Waals surface area contributed by atoms with Crippen molar-refractivity contribution >= 4 is 11.6 Å². The van der Waals surface area contributed by atoms with Gasteiger partial charge in [-0.3, -0.25) is 4.79 Å². The van der Waals surface area contributed by atoms with Gasteiger partial charge in [0.2, 0.25) is 0 Å². The van der Waals surface area contributed by atoms with Crippen LogP contribution < -0.4 is 25.4 Å². The second-order valence-electron chi connectivity index (χ2n) is 10.2. The minimum atomic E-state index is -0.499. The predicted octanol–water partition coefficient (Wildman–Crippen LogP) is 4.95. The Morgan fingerprint density at radius 2 is 1.79 bits per heavy atom. The predicted molar refractivity (Wildman–Crippen MR) is 147 cm³/mol. The van der Waals surface area contributed by atoms with Crippen molar-refractivity contribution in [3.63, 3.8) is 0 Å². The average Bonchev–Trinajstić information content (AvgIpc) is 2.94. The number of primary amides is 1. The summed E-state index contributed by atoms with van der Waals surface area (Å²) in [7, 11) is 0. The number of carbonyl (C=O) groups excluding carboxylic acids is 1. The van der Waals surface area contributed by atoms with Gasteiger partial charge in [0.25, 0.3) is 5.91 Å². The number of hydrogen-bond acceptors (Lipinski definition) is 5. The number of ether oxygens (including phenoxy) is 2. The number of rotatable bonds is 10. The van der Waals surface area contributed by atoms with Gasteiger partial charge in [-0.1, -0.05) is 24.6 Å². The summed E-state index contributed by atoms with van der Waals surface area (Å²) in [5, 5.41) is 3.57. The van der Waals surface area contributed by atoms with Crippen LogP contribution in [-0.2, 0) is 17.6 Å². The molecule has 3 aromatic carbocycles. The highest BCUT2D eigenvalue weighted by molar-refractivity contribution is 5.75. The highest BCUT2D eigenvalue weighted by Gasteiger charge is 2.28. The minimum absolute atomic E-state index is 0.0681. The molecular weight excluding hydrogens is 481 g/mol. The van der Waals surface area contributed by atoms with E-state index in [1.165, 1.54) is 48.1 Å². The number of nitrogens with two attached hydrogens (primary N) is 1. The van der Waals surface area contributed by atoms with Crippen LogP contribution in [0.2, 0.25) is 0 Å². The Bertz CT molecular complexity index is 1210. The Morgan fingerprint density at radius 1 is 1.00 bits per heavy atom. The number of fused-ring (bicyclic) bond motifs is 1. The molecule has 2 atom stereocenters. The summed E-state index contributed by atoms with van der Waals surface area (Å²) < 4.78 is 25.2. The fraction of sp³-hybridized carbons (Fsp3) is 0.387. The Kier molecular flexibility index (Phi) is 8.44. The molecule has 3 aromatic rings. The first-order valence-corrected chi connectivity index (χ1v) is 13.6. The summed E-state index contributed by atoms with van der Waals surface area (Å²) in [4.78, 5) is 13.5. The third-order valence-corrected chi connectivity index (χ3v) is 7.51. The Morgan fingerprint density at radius 3 is 2.53 bits per heavy atom. The highest BCUT2D eigenvalue weighted by atomic mass is 19.1. The lowest BCUT2D eigenvalue weighted by molar-refractivity contribution is -0.119. The number of amides is 1. The second kappa shape index (κ2) is 12.3. The molecule has 0 spiro atoms. The van der Waals surface area contributed by atoms with E-state index in [4.69, 9.17) is 15.2 Å². The number of nitrogens with zero attached hydrogens (tertiary/aromatic N) is 1. The maximum atomic E-state index is 13.7. The summed E-state index contributed by atoms with van der Waals surface area (Å²) in [6.45, 7) is 2.47. The van der Waals surface area contributed by atoms with Crippen LogP contribution >= 0.6 is 0 Å². The molecule has 2 unspecified atom stereocenters. The lowest BCUT2D eigenvalue weighted by atomic mass is 9.88. The first-order chi connectivity index (χ1) is 18.5. The zero-order valence-corrected chi connectivity index (χ0v) is 21.7. The lowest BCUT2D eigenvalue weighted by Crippen LogP contribution is -2.36. The molecule has 1 amide bonds. The van der Waals surface area contributed by atoms with Crippen molar-refractivity contribution in [1.82, 2.24) is 5.32 Å². The van der Waals surface area contributed by atoms with E-state index in [1.807, 2.05) is 24.3 Å². The molecule has 0 bridgehead atoms. The van der Waals surface area contributed by atoms with Crippen molar-refractivity contribution in [3.8, 4) is 11.5 Å². The molecule has 1 fully saturated rings. The zero-order chi connectivity index (χ0) is 26.3. The summed E-state index contributed by atoms with van der Waals surface area (Å²) in [6, 6.07) is 21.7. The van der Waals surface area contributed by atoms with E-state index in [0.29, 0.717) is 18.4 Å². The number of piperidine rings is 1. The molecule has 2 aliphatic heterocycles. The monoisotopic (exact) mass is 517 g/mol. The van der Waals surface area contributed by atoms with E-state index >= 15 is 0 Å². The number of nitrogens with one attached hydrogen (secondary N) is 1. The van der Waals surface area contributed by atoms with Gasteiger partial charge in [-0.15, -0.1) is 0 Å². The van der Waals surface area contributed by atoms with E-state index in [1.54, 1.807) is 0 Å². The average molecular weight is 518 g/mol. The van der Waals surface area contributed by atoms with Gasteiger partial charge in [0.15, 0.2) is 6.61 Å². The van der Waals surface area contributed by atoms with Gasteiger partial charge in [0, 0.05) is 18.3 Å². The molecule has 3 N–H and O–H groups in total. The lowest BCUT2D eigenvalue weighted by Gasteiger charge is -2.39. The summed E-state index contributed by atoms with van der Waals surface area (Å²) in [5.41, 5.74) is 9.82. The number of carbonyl (C=O) groups is 1. The normalized spacial score (nSPS) is 19.0. The highest BCUT2D eigenvalue weighted by Crippen LogP contribution is 2.37. The van der Waals surface area contributed by atoms with Gasteiger partial charge in [-0.2, -0.15) is 0 Å². The summed E-state index contributed by atoms with van der Waals surface area (Å²) in [6.07, 6.45) is 6.44. The Balaban J connectivity index is 1.31. The topological polar surface area (TPSA) is 76.8 Å². The van der Waals surface area contributed by atoms with Crippen molar-refractivity contribution in [2.75, 3.05) is 31.2 Å². The Hall–Kier alpha value is -3.58. The van der Waals surface area contributed by atoms with Crippen molar-refractivity contribution < 1.29 is 18.7 Å². The molecule has 5 rings (SSSR count). The van der Waals surface area contributed by atoms with Crippen LogP contribution in [0, 0.1) is 5.82 Å². The van der Waals surface area contributed by atoms with Gasteiger partial charge in [-0.05, 0) is 104 Å². The van der Waals surface area contributed by atoms with Gasteiger partial charge in [0.05, 0.1) is 12.6 Å². The third-order valence-electron chi connectivity index (χ3n) is 7.51. The van der Waals surface area contributed by atoms with Crippen LogP contribution in [0.25, 0.3) is 0 Å². The number of benzene rings is 3. The molecule has 200 valence electrons. The van der Waals surface area contributed by atoms with Gasteiger partial charge >= 0.3 is 0 Å². The molecule has 0 radical (unpaired) electrons. The van der Waals surface area contributed by atoms with Crippen LogP contribution in [0.15, 0.2) is 66.7 Å². The summed E-state index contributed by atoms with van der Waals surface area (Å²) >= 11 is 0. The van der Waals surface area contributed by atoms with Crippen LogP contribution in [0.1, 0.15) is 48.4 Å². The van der Waals surface area contributed by atoms with E-state index in [9.17, 15) is 9.18 Å². The zero-order valence-electron chi connectivity index (χ0n) is 21.7. The maximum absolute atomic E-state index is 13.7. The van der Waals surface area contributed by atoms with Gasteiger partial charge in [0.1, 0.15) is 17.3 Å². The first kappa shape index (κ1) is 26.0. The van der Waals surface area contributed by atoms with Crippen LogP contribution in [0.3, 0.4) is 0 Å². The molecule has 7 heteroatoms. The van der Waals surface area contributed by atoms with Crippen LogP contribution in [0.4, 0.5) is 10.1 Å². The molecule has 1 saturated heterocycles. The van der Waals surface area contributed by atoms with Crippen molar-refractivity contribution in [2.24, 2.45) is 5.73 Å². The molecule has 0 aromatic heterocycles. The first-order valence-electron chi connectivity index (χ1n) is 13.6. The number of hydrogen-bond donors (Lipinski definition) is 2.